The zero-order valence-corrected chi connectivity index (χ0v) is 17.8. The van der Waals surface area contributed by atoms with E-state index >= 15 is 0 Å². The number of nitrogens with one attached hydrogen (secondary N) is 2. The fraction of sp³-hybridized carbons (Fsp3) is 0.368. The van der Waals surface area contributed by atoms with Crippen LogP contribution < -0.4 is 14.8 Å². The smallest absolute Gasteiger partial charge is 0.263 e. The fourth-order valence-electron chi connectivity index (χ4n) is 3.24. The van der Waals surface area contributed by atoms with Crippen LogP contribution in [0.1, 0.15) is 22.5 Å². The Morgan fingerprint density at radius 1 is 1.28 bits per heavy atom. The molecule has 10 heteroatoms. The number of ether oxygens (including phenoxy) is 1. The summed E-state index contributed by atoms with van der Waals surface area (Å²) < 4.78 is 30.6. The molecule has 1 aliphatic heterocycles. The lowest BCUT2D eigenvalue weighted by molar-refractivity contribution is -0.121. The normalized spacial score (nSPS) is 16.9. The Kier molecular flexibility index (Phi) is 6.43. The molecule has 3 rings (SSSR count). The van der Waals surface area contributed by atoms with E-state index in [0.717, 1.165) is 12.7 Å². The van der Waals surface area contributed by atoms with Crippen molar-refractivity contribution in [1.82, 2.24) is 4.90 Å². The number of hydrogen-bond donors (Lipinski definition) is 2. The van der Waals surface area contributed by atoms with Gasteiger partial charge in [0.15, 0.2) is 0 Å². The standard InChI is InChI=1S/C19H23N3O5S2/c1-27-16-8-7-14(11-15(16)21-29(2,25)26)20-18(23)13-5-3-9-22(12-13)19(24)17-6-4-10-28-17/h4,6-8,10-11,13,21H,3,5,9,12H2,1-2H3,(H,20,23)/t13-/m1/s1. The lowest BCUT2D eigenvalue weighted by atomic mass is 9.97. The van der Waals surface area contributed by atoms with Crippen LogP contribution in [0, 0.1) is 5.92 Å². The molecule has 1 saturated heterocycles. The molecule has 8 nitrogen and oxygen atoms in total. The van der Waals surface area contributed by atoms with Crippen molar-refractivity contribution in [3.05, 3.63) is 40.6 Å². The topological polar surface area (TPSA) is 105 Å². The first-order valence-electron chi connectivity index (χ1n) is 9.06. The Bertz CT molecular complexity index is 989. The summed E-state index contributed by atoms with van der Waals surface area (Å²) in [6, 6.07) is 8.34. The van der Waals surface area contributed by atoms with Crippen molar-refractivity contribution in [1.29, 1.82) is 0 Å². The van der Waals surface area contributed by atoms with E-state index in [2.05, 4.69) is 10.0 Å². The highest BCUT2D eigenvalue weighted by Gasteiger charge is 2.29. The summed E-state index contributed by atoms with van der Waals surface area (Å²) in [7, 11) is -2.07. The monoisotopic (exact) mass is 437 g/mol. The van der Waals surface area contributed by atoms with E-state index in [1.165, 1.54) is 24.5 Å². The third kappa shape index (κ3) is 5.48. The second kappa shape index (κ2) is 8.83. The van der Waals surface area contributed by atoms with Gasteiger partial charge in [-0.25, -0.2) is 8.42 Å². The second-order valence-electron chi connectivity index (χ2n) is 6.85. The minimum atomic E-state index is -3.50. The molecule has 29 heavy (non-hydrogen) atoms. The molecule has 1 aliphatic rings. The summed E-state index contributed by atoms with van der Waals surface area (Å²) in [4.78, 5) is 27.7. The molecule has 0 radical (unpaired) electrons. The molecule has 1 fully saturated rings. The Balaban J connectivity index is 1.69. The third-order valence-corrected chi connectivity index (χ3v) is 6.02. The second-order valence-corrected chi connectivity index (χ2v) is 9.54. The molecule has 1 aromatic carbocycles. The number of thiophene rings is 1. The minimum absolute atomic E-state index is 0.0541. The number of anilines is 2. The van der Waals surface area contributed by atoms with E-state index in [0.29, 0.717) is 35.8 Å². The first-order chi connectivity index (χ1) is 13.8. The van der Waals surface area contributed by atoms with Crippen LogP contribution in [0.2, 0.25) is 0 Å². The molecule has 0 bridgehead atoms. The van der Waals surface area contributed by atoms with Crippen LogP contribution in [-0.4, -0.2) is 51.6 Å². The molecule has 0 unspecified atom stereocenters. The Labute approximate surface area is 173 Å². The quantitative estimate of drug-likeness (QED) is 0.723. The SMILES string of the molecule is COc1ccc(NC(=O)[C@@H]2CCCN(C(=O)c3cccs3)C2)cc1NS(C)(=O)=O. The minimum Gasteiger partial charge on any atom is -0.495 e. The van der Waals surface area contributed by atoms with Gasteiger partial charge in [0.05, 0.1) is 29.8 Å². The van der Waals surface area contributed by atoms with Crippen LogP contribution in [0.25, 0.3) is 0 Å². The molecule has 2 heterocycles. The molecular weight excluding hydrogens is 414 g/mol. The van der Waals surface area contributed by atoms with E-state index in [9.17, 15) is 18.0 Å². The van der Waals surface area contributed by atoms with Crippen molar-refractivity contribution in [3.63, 3.8) is 0 Å². The Morgan fingerprint density at radius 2 is 2.07 bits per heavy atom. The third-order valence-electron chi connectivity index (χ3n) is 4.57. The maximum absolute atomic E-state index is 12.8. The van der Waals surface area contributed by atoms with Crippen LogP contribution in [0.5, 0.6) is 5.75 Å². The molecule has 0 saturated carbocycles. The highest BCUT2D eigenvalue weighted by atomic mass is 32.2. The average molecular weight is 438 g/mol. The molecule has 2 aromatic rings. The molecule has 0 aliphatic carbocycles. The van der Waals surface area contributed by atoms with Crippen LogP contribution in [0.4, 0.5) is 11.4 Å². The van der Waals surface area contributed by atoms with Gasteiger partial charge < -0.3 is 15.0 Å². The summed E-state index contributed by atoms with van der Waals surface area (Å²) in [6.07, 6.45) is 2.47. The van der Waals surface area contributed by atoms with Crippen molar-refractivity contribution in [2.24, 2.45) is 5.92 Å². The number of carbonyl (C=O) groups excluding carboxylic acids is 2. The largest absolute Gasteiger partial charge is 0.495 e. The zero-order chi connectivity index (χ0) is 21.0. The van der Waals surface area contributed by atoms with E-state index in [-0.39, 0.29) is 23.4 Å². The Hall–Kier alpha value is -2.59. The van der Waals surface area contributed by atoms with Gasteiger partial charge in [-0.1, -0.05) is 6.07 Å². The van der Waals surface area contributed by atoms with Crippen LogP contribution >= 0.6 is 11.3 Å². The summed E-state index contributed by atoms with van der Waals surface area (Å²) in [5.74, 6) is -0.245. The number of methoxy groups -OCH3 is 1. The first kappa shape index (κ1) is 21.1. The number of hydrogen-bond acceptors (Lipinski definition) is 6. The van der Waals surface area contributed by atoms with Gasteiger partial charge in [-0.2, -0.15) is 0 Å². The number of rotatable bonds is 6. The van der Waals surface area contributed by atoms with Crippen LogP contribution in [-0.2, 0) is 14.8 Å². The summed E-state index contributed by atoms with van der Waals surface area (Å²) in [5, 5.41) is 4.67. The molecule has 1 aromatic heterocycles. The van der Waals surface area contributed by atoms with E-state index < -0.39 is 10.0 Å². The molecule has 2 N–H and O–H groups in total. The number of benzene rings is 1. The van der Waals surface area contributed by atoms with Crippen molar-refractivity contribution in [2.75, 3.05) is 36.5 Å². The Morgan fingerprint density at radius 3 is 2.72 bits per heavy atom. The van der Waals surface area contributed by atoms with E-state index in [1.807, 2.05) is 11.4 Å². The van der Waals surface area contributed by atoms with Gasteiger partial charge in [-0.3, -0.25) is 14.3 Å². The lowest BCUT2D eigenvalue weighted by Crippen LogP contribution is -2.43. The van der Waals surface area contributed by atoms with Gasteiger partial charge >= 0.3 is 0 Å². The van der Waals surface area contributed by atoms with Crippen LogP contribution in [0.3, 0.4) is 0 Å². The molecule has 156 valence electrons. The molecule has 2 amide bonds. The van der Waals surface area contributed by atoms with E-state index in [4.69, 9.17) is 4.74 Å². The van der Waals surface area contributed by atoms with Gasteiger partial charge in [-0.15, -0.1) is 11.3 Å². The number of likely N-dealkylation sites (tertiary alicyclic amines) is 1. The summed E-state index contributed by atoms with van der Waals surface area (Å²) in [6.45, 7) is 0.985. The fourth-order valence-corrected chi connectivity index (χ4v) is 4.49. The van der Waals surface area contributed by atoms with E-state index in [1.54, 1.807) is 23.1 Å². The van der Waals surface area contributed by atoms with Crippen molar-refractivity contribution in [2.45, 2.75) is 12.8 Å². The van der Waals surface area contributed by atoms with Crippen molar-refractivity contribution in [3.8, 4) is 5.75 Å². The first-order valence-corrected chi connectivity index (χ1v) is 11.8. The number of carbonyl (C=O) groups is 2. The maximum Gasteiger partial charge on any atom is 0.263 e. The van der Waals surface area contributed by atoms with Gasteiger partial charge in [0.25, 0.3) is 5.91 Å². The number of nitrogens with zero attached hydrogens (tertiary/aromatic N) is 1. The highest BCUT2D eigenvalue weighted by molar-refractivity contribution is 7.92. The van der Waals surface area contributed by atoms with Crippen LogP contribution in [0.15, 0.2) is 35.7 Å². The number of piperidine rings is 1. The summed E-state index contributed by atoms with van der Waals surface area (Å²) >= 11 is 1.39. The highest BCUT2D eigenvalue weighted by Crippen LogP contribution is 2.29. The van der Waals surface area contributed by atoms with Gasteiger partial charge in [0, 0.05) is 18.8 Å². The lowest BCUT2D eigenvalue weighted by Gasteiger charge is -2.31. The maximum atomic E-state index is 12.8. The van der Waals surface area contributed by atoms with Gasteiger partial charge in [0.1, 0.15) is 5.75 Å². The van der Waals surface area contributed by atoms with Crippen molar-refractivity contribution >= 4 is 44.5 Å². The average Bonchev–Trinajstić information content (AvgIpc) is 3.21. The van der Waals surface area contributed by atoms with Gasteiger partial charge in [-0.05, 0) is 42.5 Å². The van der Waals surface area contributed by atoms with Crippen molar-refractivity contribution < 1.29 is 22.7 Å². The van der Waals surface area contributed by atoms with Gasteiger partial charge in [0.2, 0.25) is 15.9 Å². The molecular formula is C19H23N3O5S2. The zero-order valence-electron chi connectivity index (χ0n) is 16.2. The predicted molar refractivity (Wildman–Crippen MR) is 113 cm³/mol. The number of amides is 2. The molecule has 1 atom stereocenters. The molecule has 0 spiro atoms. The number of sulfonamides is 1. The predicted octanol–water partition coefficient (Wildman–Crippen LogP) is 2.62. The summed E-state index contributed by atoms with van der Waals surface area (Å²) in [5.41, 5.74) is 0.689.